The first-order valence-corrected chi connectivity index (χ1v) is 4.35. The fraction of sp³-hybridized carbons (Fsp3) is 0.167. The minimum atomic E-state index is 0.815. The topological polar surface area (TPSA) is 12.9 Å². The van der Waals surface area contributed by atoms with Gasteiger partial charge in [-0.05, 0) is 0 Å². The third-order valence-electron chi connectivity index (χ3n) is 1.06. The van der Waals surface area contributed by atoms with Crippen molar-refractivity contribution < 1.29 is 0 Å². The van der Waals surface area contributed by atoms with Crippen LogP contribution in [0.25, 0.3) is 0 Å². The van der Waals surface area contributed by atoms with Gasteiger partial charge < -0.3 is 0 Å². The molecule has 0 aliphatic rings. The Hall–Kier alpha value is 0.239. The molecule has 9 heavy (non-hydrogen) atoms. The molecule has 0 aromatic carbocycles. The Kier molecular flexibility index (Phi) is 2.35. The van der Waals surface area contributed by atoms with Crippen molar-refractivity contribution in [2.75, 3.05) is 0 Å². The van der Waals surface area contributed by atoms with Crippen LogP contribution >= 0.6 is 11.6 Å². The summed E-state index contributed by atoms with van der Waals surface area (Å²) >= 11 is 7.18. The van der Waals surface area contributed by atoms with Gasteiger partial charge in [-0.3, -0.25) is 0 Å². The van der Waals surface area contributed by atoms with Crippen LogP contribution in [0.4, 0.5) is 0 Å². The van der Waals surface area contributed by atoms with Gasteiger partial charge in [-0.25, -0.2) is 0 Å². The Morgan fingerprint density at radius 1 is 1.67 bits per heavy atom. The second-order valence-electron chi connectivity index (χ2n) is 1.76. The Morgan fingerprint density at radius 2 is 2.33 bits per heavy atom. The predicted molar refractivity (Wildman–Crippen MR) is 39.4 cm³/mol. The van der Waals surface area contributed by atoms with E-state index in [0.29, 0.717) is 0 Å². The zero-order valence-electron chi connectivity index (χ0n) is 4.98. The van der Waals surface area contributed by atoms with Gasteiger partial charge in [0.25, 0.3) is 0 Å². The summed E-state index contributed by atoms with van der Waals surface area (Å²) < 4.78 is 1.18. The molecule has 0 saturated heterocycles. The molecule has 0 fully saturated rings. The summed E-state index contributed by atoms with van der Waals surface area (Å²) in [6.07, 6.45) is 1.78. The van der Waals surface area contributed by atoms with Gasteiger partial charge in [0.1, 0.15) is 0 Å². The molecule has 0 unspecified atom stereocenters. The standard InChI is InChI=1S/C6H5ClN.Sn/c1-5-6(7)3-2-4-8-5;/h2,4H,1H3;. The number of rotatable bonds is 0. The van der Waals surface area contributed by atoms with E-state index in [1.54, 1.807) is 6.20 Å². The van der Waals surface area contributed by atoms with Crippen LogP contribution in [0, 0.1) is 6.92 Å². The van der Waals surface area contributed by atoms with Crippen LogP contribution in [-0.2, 0) is 0 Å². The molecule has 3 radical (unpaired) electrons. The fourth-order valence-corrected chi connectivity index (χ4v) is 1.39. The second kappa shape index (κ2) is 2.88. The Morgan fingerprint density at radius 3 is 2.78 bits per heavy atom. The molecule has 45 valence electrons. The molecule has 0 N–H and O–H groups in total. The van der Waals surface area contributed by atoms with E-state index < -0.39 is 0 Å². The monoisotopic (exact) mass is 246 g/mol. The number of halogens is 1. The Labute approximate surface area is 72.5 Å². The molecule has 0 amide bonds. The molecular formula is C6H5ClNSn. The van der Waals surface area contributed by atoms with Crippen molar-refractivity contribution in [3.8, 4) is 0 Å². The van der Waals surface area contributed by atoms with Gasteiger partial charge in [0, 0.05) is 0 Å². The van der Waals surface area contributed by atoms with Crippen molar-refractivity contribution in [3.05, 3.63) is 23.0 Å². The quantitative estimate of drug-likeness (QED) is 0.617. The molecule has 1 rings (SSSR count). The van der Waals surface area contributed by atoms with Gasteiger partial charge in [0.15, 0.2) is 0 Å². The van der Waals surface area contributed by atoms with E-state index in [-0.39, 0.29) is 0 Å². The molecule has 1 aromatic heterocycles. The third-order valence-corrected chi connectivity index (χ3v) is 3.18. The van der Waals surface area contributed by atoms with E-state index in [1.165, 1.54) is 26.1 Å². The van der Waals surface area contributed by atoms with Gasteiger partial charge in [-0.1, -0.05) is 0 Å². The van der Waals surface area contributed by atoms with Crippen molar-refractivity contribution in [1.82, 2.24) is 4.98 Å². The Bertz CT molecular complexity index is 204. The molecule has 1 nitrogen and oxygen atoms in total. The van der Waals surface area contributed by atoms with Crippen molar-refractivity contribution in [3.63, 3.8) is 0 Å². The SMILES string of the molecule is Cc1ncc[c]([Sn])c1Cl. The number of hydrogen-bond acceptors (Lipinski definition) is 1. The van der Waals surface area contributed by atoms with Crippen molar-refractivity contribution in [1.29, 1.82) is 0 Å². The summed E-state index contributed by atoms with van der Waals surface area (Å²) in [5.74, 6) is 0. The summed E-state index contributed by atoms with van der Waals surface area (Å²) in [6, 6.07) is 1.94. The third kappa shape index (κ3) is 1.58. The molecule has 1 heterocycles. The van der Waals surface area contributed by atoms with Crippen LogP contribution in [-0.4, -0.2) is 27.5 Å². The summed E-state index contributed by atoms with van der Waals surface area (Å²) in [7, 11) is 0. The van der Waals surface area contributed by atoms with Crippen LogP contribution in [0.1, 0.15) is 5.69 Å². The number of pyridine rings is 1. The number of aryl methyl sites for hydroxylation is 1. The van der Waals surface area contributed by atoms with E-state index in [4.69, 9.17) is 11.6 Å². The number of aromatic nitrogens is 1. The van der Waals surface area contributed by atoms with Gasteiger partial charge in [0.2, 0.25) is 0 Å². The van der Waals surface area contributed by atoms with Gasteiger partial charge in [0.05, 0.1) is 0 Å². The number of nitrogens with zero attached hydrogens (tertiary/aromatic N) is 1. The van der Waals surface area contributed by atoms with E-state index in [2.05, 4.69) is 4.98 Å². The summed E-state index contributed by atoms with van der Waals surface area (Å²) in [4.78, 5) is 4.02. The molecular weight excluding hydrogens is 240 g/mol. The van der Waals surface area contributed by atoms with Crippen LogP contribution in [0.3, 0.4) is 0 Å². The van der Waals surface area contributed by atoms with E-state index >= 15 is 0 Å². The molecule has 0 aliphatic heterocycles. The van der Waals surface area contributed by atoms with Gasteiger partial charge >= 0.3 is 72.6 Å². The fourth-order valence-electron chi connectivity index (χ4n) is 0.548. The van der Waals surface area contributed by atoms with Crippen LogP contribution in [0.2, 0.25) is 5.02 Å². The average Bonchev–Trinajstić information content (AvgIpc) is 1.83. The van der Waals surface area contributed by atoms with Crippen molar-refractivity contribution in [2.24, 2.45) is 0 Å². The first-order valence-electron chi connectivity index (χ1n) is 2.54. The van der Waals surface area contributed by atoms with Crippen molar-refractivity contribution in [2.45, 2.75) is 6.92 Å². The zero-order valence-corrected chi connectivity index (χ0v) is 8.59. The molecule has 3 heteroatoms. The van der Waals surface area contributed by atoms with Crippen molar-refractivity contribution >= 4 is 37.7 Å². The van der Waals surface area contributed by atoms with Crippen LogP contribution in [0.15, 0.2) is 12.3 Å². The van der Waals surface area contributed by atoms with E-state index in [0.717, 1.165) is 10.7 Å². The molecule has 0 aliphatic carbocycles. The average molecular weight is 245 g/mol. The molecule has 0 atom stereocenters. The Balaban J connectivity index is 3.25. The molecule has 0 saturated carbocycles. The van der Waals surface area contributed by atoms with Crippen LogP contribution < -0.4 is 3.58 Å². The summed E-state index contributed by atoms with van der Waals surface area (Å²) in [5, 5.41) is 0.815. The predicted octanol–water partition coefficient (Wildman–Crippen LogP) is 0.837. The maximum atomic E-state index is 5.84. The maximum absolute atomic E-state index is 5.84. The minimum absolute atomic E-state index is 0.815. The number of hydrogen-bond donors (Lipinski definition) is 0. The zero-order chi connectivity index (χ0) is 6.85. The second-order valence-corrected chi connectivity index (χ2v) is 3.67. The first-order chi connectivity index (χ1) is 4.22. The van der Waals surface area contributed by atoms with Crippen LogP contribution in [0.5, 0.6) is 0 Å². The van der Waals surface area contributed by atoms with Gasteiger partial charge in [-0.2, -0.15) is 0 Å². The summed E-state index contributed by atoms with van der Waals surface area (Å²) in [6.45, 7) is 1.91. The first kappa shape index (κ1) is 7.35. The molecule has 0 spiro atoms. The van der Waals surface area contributed by atoms with E-state index in [9.17, 15) is 0 Å². The molecule has 0 bridgehead atoms. The molecule has 1 aromatic rings. The summed E-state index contributed by atoms with van der Waals surface area (Å²) in [5.41, 5.74) is 0.922. The normalized spacial score (nSPS) is 9.67. The van der Waals surface area contributed by atoms with E-state index in [1.807, 2.05) is 13.0 Å². The van der Waals surface area contributed by atoms with Gasteiger partial charge in [-0.15, -0.1) is 0 Å².